The number of pyridine rings is 1. The molecule has 1 saturated carbocycles. The highest BCUT2D eigenvalue weighted by Crippen LogP contribution is 2.30. The quantitative estimate of drug-likeness (QED) is 0.507. The minimum atomic E-state index is -3.27. The van der Waals surface area contributed by atoms with Crippen molar-refractivity contribution in [3.63, 3.8) is 0 Å². The number of carbonyl (C=O) groups is 1. The molecule has 1 amide bonds. The zero-order valence-corrected chi connectivity index (χ0v) is 19.4. The number of aromatic nitrogens is 3. The molecule has 0 saturated heterocycles. The first-order chi connectivity index (χ1) is 15.8. The zero-order valence-electron chi connectivity index (χ0n) is 17.8. The molecule has 1 unspecified atom stereocenters. The normalized spacial score (nSPS) is 14.6. The lowest BCUT2D eigenvalue weighted by atomic mass is 10.0. The standard InChI is InChI=1S/C23H22ClFN4O3S/c1-2-20(21-7-8-27-22(28-21)13-33(31,32)17-4-5-17)29-23(30)18-6-3-14(10-19(18)25)15-9-16(24)12-26-11-15/h3,6-12,17,20H,2,4-5,13H2,1H3,(H,29,30). The number of amides is 1. The van der Waals surface area contributed by atoms with Crippen molar-refractivity contribution in [1.29, 1.82) is 0 Å². The van der Waals surface area contributed by atoms with Crippen LogP contribution in [0.25, 0.3) is 11.1 Å². The summed E-state index contributed by atoms with van der Waals surface area (Å²) >= 11 is 5.95. The summed E-state index contributed by atoms with van der Waals surface area (Å²) in [6.45, 7) is 1.85. The van der Waals surface area contributed by atoms with Crippen LogP contribution in [-0.4, -0.2) is 34.5 Å². The second-order valence-electron chi connectivity index (χ2n) is 7.93. The van der Waals surface area contributed by atoms with E-state index in [-0.39, 0.29) is 22.4 Å². The molecule has 2 heterocycles. The number of hydrogen-bond donors (Lipinski definition) is 1. The second-order valence-corrected chi connectivity index (χ2v) is 10.6. The van der Waals surface area contributed by atoms with Gasteiger partial charge in [-0.25, -0.2) is 22.8 Å². The minimum absolute atomic E-state index is 0.113. The molecule has 1 fully saturated rings. The molecule has 3 aromatic rings. The number of carbonyl (C=O) groups excluding carboxylic acids is 1. The lowest BCUT2D eigenvalue weighted by molar-refractivity contribution is 0.0930. The molecule has 0 spiro atoms. The van der Waals surface area contributed by atoms with Gasteiger partial charge in [0.05, 0.1) is 27.6 Å². The van der Waals surface area contributed by atoms with Crippen LogP contribution < -0.4 is 5.32 Å². The first-order valence-electron chi connectivity index (χ1n) is 10.5. The lowest BCUT2D eigenvalue weighted by Gasteiger charge is -2.17. The molecule has 33 heavy (non-hydrogen) atoms. The maximum Gasteiger partial charge on any atom is 0.254 e. The number of nitrogens with zero attached hydrogens (tertiary/aromatic N) is 3. The van der Waals surface area contributed by atoms with Gasteiger partial charge < -0.3 is 5.32 Å². The summed E-state index contributed by atoms with van der Waals surface area (Å²) in [5, 5.41) is 2.90. The third kappa shape index (κ3) is 5.54. The maximum atomic E-state index is 14.8. The number of halogens is 2. The van der Waals surface area contributed by atoms with E-state index < -0.39 is 27.6 Å². The van der Waals surface area contributed by atoms with Crippen molar-refractivity contribution in [3.05, 3.63) is 76.8 Å². The van der Waals surface area contributed by atoms with Crippen molar-refractivity contribution >= 4 is 27.3 Å². The molecule has 10 heteroatoms. The summed E-state index contributed by atoms with van der Waals surface area (Å²) in [6, 6.07) is 7.03. The fourth-order valence-corrected chi connectivity index (χ4v) is 5.24. The van der Waals surface area contributed by atoms with Gasteiger partial charge in [0.15, 0.2) is 9.84 Å². The predicted octanol–water partition coefficient (Wildman–Crippen LogP) is 4.29. The summed E-state index contributed by atoms with van der Waals surface area (Å²) < 4.78 is 39.3. The van der Waals surface area contributed by atoms with Crippen molar-refractivity contribution < 1.29 is 17.6 Å². The Bertz CT molecular complexity index is 1300. The summed E-state index contributed by atoms with van der Waals surface area (Å²) in [5.74, 6) is -1.32. The Morgan fingerprint density at radius 3 is 2.67 bits per heavy atom. The highest BCUT2D eigenvalue weighted by molar-refractivity contribution is 7.91. The molecule has 2 aromatic heterocycles. The summed E-state index contributed by atoms with van der Waals surface area (Å²) in [5.41, 5.74) is 1.54. The van der Waals surface area contributed by atoms with E-state index in [1.165, 1.54) is 24.5 Å². The Labute approximate surface area is 196 Å². The number of rotatable bonds is 8. The van der Waals surface area contributed by atoms with Gasteiger partial charge in [0, 0.05) is 24.2 Å². The van der Waals surface area contributed by atoms with Crippen LogP contribution in [0.1, 0.15) is 54.1 Å². The average Bonchev–Trinajstić information content (AvgIpc) is 3.63. The second kappa shape index (κ2) is 9.52. The van der Waals surface area contributed by atoms with Gasteiger partial charge in [0.2, 0.25) is 0 Å². The van der Waals surface area contributed by atoms with Crippen molar-refractivity contribution in [3.8, 4) is 11.1 Å². The van der Waals surface area contributed by atoms with E-state index in [1.807, 2.05) is 6.92 Å². The first kappa shape index (κ1) is 23.3. The van der Waals surface area contributed by atoms with Crippen LogP contribution in [-0.2, 0) is 15.6 Å². The molecule has 1 N–H and O–H groups in total. The monoisotopic (exact) mass is 488 g/mol. The third-order valence-electron chi connectivity index (χ3n) is 5.41. The van der Waals surface area contributed by atoms with E-state index in [4.69, 9.17) is 11.6 Å². The molecule has 0 aliphatic heterocycles. The van der Waals surface area contributed by atoms with E-state index in [1.54, 1.807) is 24.4 Å². The van der Waals surface area contributed by atoms with E-state index in [0.717, 1.165) is 0 Å². The Morgan fingerprint density at radius 2 is 2.00 bits per heavy atom. The predicted molar refractivity (Wildman–Crippen MR) is 123 cm³/mol. The van der Waals surface area contributed by atoms with Gasteiger partial charge >= 0.3 is 0 Å². The van der Waals surface area contributed by atoms with E-state index >= 15 is 0 Å². The fourth-order valence-electron chi connectivity index (χ4n) is 3.47. The van der Waals surface area contributed by atoms with Gasteiger partial charge in [-0.2, -0.15) is 0 Å². The largest absolute Gasteiger partial charge is 0.344 e. The van der Waals surface area contributed by atoms with Gasteiger partial charge in [0.25, 0.3) is 5.91 Å². The Kier molecular flexibility index (Phi) is 6.71. The molecule has 0 bridgehead atoms. The average molecular weight is 489 g/mol. The van der Waals surface area contributed by atoms with E-state index in [0.29, 0.717) is 41.1 Å². The van der Waals surface area contributed by atoms with Crippen molar-refractivity contribution in [2.75, 3.05) is 0 Å². The molecule has 7 nitrogen and oxygen atoms in total. The highest BCUT2D eigenvalue weighted by atomic mass is 35.5. The SMILES string of the molecule is CCC(NC(=O)c1ccc(-c2cncc(Cl)c2)cc1F)c1ccnc(CS(=O)(=O)C2CC2)n1. The Hall–Kier alpha value is -2.91. The van der Waals surface area contributed by atoms with Gasteiger partial charge in [-0.05, 0) is 49.1 Å². The van der Waals surface area contributed by atoms with Crippen molar-refractivity contribution in [1.82, 2.24) is 20.3 Å². The first-order valence-corrected chi connectivity index (χ1v) is 12.6. The molecule has 1 aliphatic rings. The Morgan fingerprint density at radius 1 is 1.21 bits per heavy atom. The number of sulfone groups is 1. The Balaban J connectivity index is 1.50. The summed E-state index contributed by atoms with van der Waals surface area (Å²) in [7, 11) is -3.27. The smallest absolute Gasteiger partial charge is 0.254 e. The molecule has 1 atom stereocenters. The van der Waals surface area contributed by atoms with Gasteiger partial charge in [-0.3, -0.25) is 9.78 Å². The van der Waals surface area contributed by atoms with Crippen LogP contribution in [0.4, 0.5) is 4.39 Å². The summed E-state index contributed by atoms with van der Waals surface area (Å²) in [6.07, 6.45) is 6.34. The van der Waals surface area contributed by atoms with Crippen LogP contribution in [0, 0.1) is 5.82 Å². The summed E-state index contributed by atoms with van der Waals surface area (Å²) in [4.78, 5) is 25.2. The van der Waals surface area contributed by atoms with E-state index in [2.05, 4.69) is 20.3 Å². The lowest BCUT2D eigenvalue weighted by Crippen LogP contribution is -2.29. The van der Waals surface area contributed by atoms with Gasteiger partial charge in [-0.15, -0.1) is 0 Å². The molecule has 0 radical (unpaired) electrons. The number of nitrogens with one attached hydrogen (secondary N) is 1. The minimum Gasteiger partial charge on any atom is -0.344 e. The maximum absolute atomic E-state index is 14.8. The van der Waals surface area contributed by atoms with Crippen LogP contribution in [0.15, 0.2) is 48.9 Å². The van der Waals surface area contributed by atoms with Crippen molar-refractivity contribution in [2.24, 2.45) is 0 Å². The van der Waals surface area contributed by atoms with Crippen LogP contribution in [0.3, 0.4) is 0 Å². The third-order valence-corrected chi connectivity index (χ3v) is 7.77. The van der Waals surface area contributed by atoms with Gasteiger partial charge in [0.1, 0.15) is 17.4 Å². The zero-order chi connectivity index (χ0) is 23.6. The molecule has 1 aliphatic carbocycles. The van der Waals surface area contributed by atoms with Crippen molar-refractivity contribution in [2.45, 2.75) is 43.2 Å². The van der Waals surface area contributed by atoms with Crippen LogP contribution in [0.5, 0.6) is 0 Å². The number of benzene rings is 1. The molecule has 172 valence electrons. The van der Waals surface area contributed by atoms with Crippen LogP contribution in [0.2, 0.25) is 5.02 Å². The van der Waals surface area contributed by atoms with Crippen LogP contribution >= 0.6 is 11.6 Å². The molecular weight excluding hydrogens is 467 g/mol. The molecule has 4 rings (SSSR count). The highest BCUT2D eigenvalue weighted by Gasteiger charge is 2.36. The topological polar surface area (TPSA) is 102 Å². The fraction of sp³-hybridized carbons (Fsp3) is 0.304. The molecule has 1 aromatic carbocycles. The van der Waals surface area contributed by atoms with Gasteiger partial charge in [-0.1, -0.05) is 24.6 Å². The molecular formula is C23H22ClFN4O3S. The number of hydrogen-bond acceptors (Lipinski definition) is 6. The van der Waals surface area contributed by atoms with E-state index in [9.17, 15) is 17.6 Å².